The zero-order chi connectivity index (χ0) is 21.8. The molecule has 1 aromatic heterocycles. The van der Waals surface area contributed by atoms with Gasteiger partial charge in [0.25, 0.3) is 5.91 Å². The van der Waals surface area contributed by atoms with E-state index in [2.05, 4.69) is 9.88 Å². The molecular formula is C21H20Cl2FN3O3S. The van der Waals surface area contributed by atoms with Gasteiger partial charge in [0, 0.05) is 31.2 Å². The predicted molar refractivity (Wildman–Crippen MR) is 121 cm³/mol. The second-order valence-corrected chi connectivity index (χ2v) is 8.82. The van der Waals surface area contributed by atoms with Crippen LogP contribution in [0.15, 0.2) is 36.4 Å². The molecule has 0 saturated carbocycles. The van der Waals surface area contributed by atoms with Crippen LogP contribution >= 0.6 is 34.5 Å². The molecule has 0 bridgehead atoms. The standard InChI is InChI=1S/C21H20Cl2FN3O3S/c22-14-1-4-18(16(23)11-14)30-13-20(28)27(6-5-26-7-9-29-10-8-26)21-25-17-3-2-15(24)12-19(17)31-21/h1-4,11-12H,5-10,13H2. The highest BCUT2D eigenvalue weighted by Crippen LogP contribution is 2.30. The number of morpholine rings is 1. The topological polar surface area (TPSA) is 54.9 Å². The van der Waals surface area contributed by atoms with Gasteiger partial charge in [-0.25, -0.2) is 9.37 Å². The van der Waals surface area contributed by atoms with Crippen molar-refractivity contribution < 1.29 is 18.7 Å². The third-order valence-corrected chi connectivity index (χ3v) is 6.43. The van der Waals surface area contributed by atoms with Crippen molar-refractivity contribution in [3.8, 4) is 5.75 Å². The Morgan fingerprint density at radius 1 is 1.23 bits per heavy atom. The van der Waals surface area contributed by atoms with Gasteiger partial charge in [0.15, 0.2) is 11.7 Å². The molecule has 1 aliphatic heterocycles. The van der Waals surface area contributed by atoms with E-state index < -0.39 is 0 Å². The second-order valence-electron chi connectivity index (χ2n) is 6.97. The maximum Gasteiger partial charge on any atom is 0.266 e. The van der Waals surface area contributed by atoms with Gasteiger partial charge in [-0.05, 0) is 36.4 Å². The summed E-state index contributed by atoms with van der Waals surface area (Å²) in [6, 6.07) is 9.21. The van der Waals surface area contributed by atoms with Crippen LogP contribution < -0.4 is 9.64 Å². The maximum absolute atomic E-state index is 13.6. The van der Waals surface area contributed by atoms with Crippen LogP contribution in [0, 0.1) is 5.82 Å². The van der Waals surface area contributed by atoms with Crippen molar-refractivity contribution in [2.75, 3.05) is 50.9 Å². The normalized spacial score (nSPS) is 14.7. The van der Waals surface area contributed by atoms with Crippen molar-refractivity contribution in [3.05, 3.63) is 52.3 Å². The molecule has 0 unspecified atom stereocenters. The Morgan fingerprint density at radius 2 is 2.03 bits per heavy atom. The molecule has 0 N–H and O–H groups in total. The number of halogens is 3. The third-order valence-electron chi connectivity index (χ3n) is 4.86. The van der Waals surface area contributed by atoms with Gasteiger partial charge in [-0.3, -0.25) is 14.6 Å². The summed E-state index contributed by atoms with van der Waals surface area (Å²) in [5, 5.41) is 1.32. The molecule has 1 fully saturated rings. The minimum absolute atomic E-state index is 0.214. The fourth-order valence-electron chi connectivity index (χ4n) is 3.20. The first-order valence-corrected chi connectivity index (χ1v) is 11.3. The minimum atomic E-state index is -0.338. The highest BCUT2D eigenvalue weighted by atomic mass is 35.5. The molecule has 10 heteroatoms. The lowest BCUT2D eigenvalue weighted by Gasteiger charge is -2.29. The summed E-state index contributed by atoms with van der Waals surface area (Å²) in [5.74, 6) is -0.229. The van der Waals surface area contributed by atoms with Crippen LogP contribution in [0.1, 0.15) is 0 Å². The van der Waals surface area contributed by atoms with E-state index >= 15 is 0 Å². The Bertz CT molecular complexity index is 1080. The summed E-state index contributed by atoms with van der Waals surface area (Å²) in [5.41, 5.74) is 0.646. The Labute approximate surface area is 193 Å². The number of aromatic nitrogens is 1. The number of hydrogen-bond donors (Lipinski definition) is 0. The molecule has 2 aromatic carbocycles. The molecule has 1 saturated heterocycles. The average Bonchev–Trinajstić information content (AvgIpc) is 3.16. The minimum Gasteiger partial charge on any atom is -0.482 e. The van der Waals surface area contributed by atoms with Crippen LogP contribution in [0.3, 0.4) is 0 Å². The zero-order valence-corrected chi connectivity index (χ0v) is 18.9. The first kappa shape index (κ1) is 22.2. The number of anilines is 1. The quantitative estimate of drug-likeness (QED) is 0.495. The number of thiazole rings is 1. The fourth-order valence-corrected chi connectivity index (χ4v) is 4.70. The molecule has 0 atom stereocenters. The molecule has 6 nitrogen and oxygen atoms in total. The molecule has 31 heavy (non-hydrogen) atoms. The van der Waals surface area contributed by atoms with Crippen LogP contribution in [0.2, 0.25) is 10.0 Å². The molecule has 1 aliphatic rings. The van der Waals surface area contributed by atoms with E-state index in [1.54, 1.807) is 29.2 Å². The summed E-state index contributed by atoms with van der Waals surface area (Å²) in [4.78, 5) is 21.4. The molecule has 0 radical (unpaired) electrons. The van der Waals surface area contributed by atoms with Gasteiger partial charge in [-0.15, -0.1) is 0 Å². The number of carbonyl (C=O) groups is 1. The van der Waals surface area contributed by atoms with Crippen molar-refractivity contribution >= 4 is 55.8 Å². The number of rotatable bonds is 7. The van der Waals surface area contributed by atoms with E-state index in [1.807, 2.05) is 0 Å². The number of ether oxygens (including phenoxy) is 2. The first-order chi connectivity index (χ1) is 15.0. The van der Waals surface area contributed by atoms with Crippen molar-refractivity contribution in [2.24, 2.45) is 0 Å². The SMILES string of the molecule is O=C(COc1ccc(Cl)cc1Cl)N(CCN1CCOCC1)c1nc2ccc(F)cc2s1. The summed E-state index contributed by atoms with van der Waals surface area (Å²) >= 11 is 13.3. The van der Waals surface area contributed by atoms with Gasteiger partial charge < -0.3 is 9.47 Å². The Morgan fingerprint density at radius 3 is 2.81 bits per heavy atom. The largest absolute Gasteiger partial charge is 0.482 e. The summed E-state index contributed by atoms with van der Waals surface area (Å²) in [6.45, 7) is 3.85. The van der Waals surface area contributed by atoms with Gasteiger partial charge in [-0.1, -0.05) is 34.5 Å². The lowest BCUT2D eigenvalue weighted by molar-refractivity contribution is -0.120. The van der Waals surface area contributed by atoms with Crippen molar-refractivity contribution in [2.45, 2.75) is 0 Å². The van der Waals surface area contributed by atoms with Crippen LogP contribution in [-0.2, 0) is 9.53 Å². The van der Waals surface area contributed by atoms with Crippen molar-refractivity contribution in [3.63, 3.8) is 0 Å². The Balaban J connectivity index is 1.51. The average molecular weight is 484 g/mol. The maximum atomic E-state index is 13.6. The number of nitrogens with zero attached hydrogens (tertiary/aromatic N) is 3. The number of carbonyl (C=O) groups excluding carboxylic acids is 1. The van der Waals surface area contributed by atoms with E-state index in [0.29, 0.717) is 57.4 Å². The molecule has 1 amide bonds. The monoisotopic (exact) mass is 483 g/mol. The van der Waals surface area contributed by atoms with Crippen LogP contribution in [0.25, 0.3) is 10.2 Å². The lowest BCUT2D eigenvalue weighted by Crippen LogP contribution is -2.44. The molecular weight excluding hydrogens is 464 g/mol. The highest BCUT2D eigenvalue weighted by molar-refractivity contribution is 7.22. The van der Waals surface area contributed by atoms with Gasteiger partial charge in [0.1, 0.15) is 11.6 Å². The van der Waals surface area contributed by atoms with Gasteiger partial charge in [-0.2, -0.15) is 0 Å². The van der Waals surface area contributed by atoms with Crippen LogP contribution in [0.4, 0.5) is 9.52 Å². The Hall–Kier alpha value is -1.97. The van der Waals surface area contributed by atoms with Crippen molar-refractivity contribution in [1.82, 2.24) is 9.88 Å². The predicted octanol–water partition coefficient (Wildman–Crippen LogP) is 4.49. The first-order valence-electron chi connectivity index (χ1n) is 9.74. The third kappa shape index (κ3) is 5.64. The second kappa shape index (κ2) is 10.1. The van der Waals surface area contributed by atoms with E-state index in [9.17, 15) is 9.18 Å². The zero-order valence-electron chi connectivity index (χ0n) is 16.5. The molecule has 0 spiro atoms. The van der Waals surface area contributed by atoms with Crippen LogP contribution in [-0.4, -0.2) is 61.8 Å². The lowest BCUT2D eigenvalue weighted by atomic mass is 10.3. The van der Waals surface area contributed by atoms with E-state index in [4.69, 9.17) is 32.7 Å². The van der Waals surface area contributed by atoms with E-state index in [1.165, 1.54) is 23.5 Å². The number of amides is 1. The number of benzene rings is 2. The Kier molecular flexibility index (Phi) is 7.24. The van der Waals surface area contributed by atoms with Crippen molar-refractivity contribution in [1.29, 1.82) is 0 Å². The van der Waals surface area contributed by atoms with Gasteiger partial charge in [0.05, 0.1) is 28.5 Å². The van der Waals surface area contributed by atoms with E-state index in [-0.39, 0.29) is 18.3 Å². The highest BCUT2D eigenvalue weighted by Gasteiger charge is 2.22. The summed E-state index contributed by atoms with van der Waals surface area (Å²) < 4.78 is 25.3. The molecule has 3 aromatic rings. The van der Waals surface area contributed by atoms with Gasteiger partial charge >= 0.3 is 0 Å². The van der Waals surface area contributed by atoms with Crippen LogP contribution in [0.5, 0.6) is 5.75 Å². The number of hydrogen-bond acceptors (Lipinski definition) is 6. The smallest absolute Gasteiger partial charge is 0.266 e. The number of fused-ring (bicyclic) bond motifs is 1. The van der Waals surface area contributed by atoms with Gasteiger partial charge in [0.2, 0.25) is 0 Å². The van der Waals surface area contributed by atoms with E-state index in [0.717, 1.165) is 13.1 Å². The molecule has 164 valence electrons. The fraction of sp³-hybridized carbons (Fsp3) is 0.333. The molecule has 4 rings (SSSR count). The molecule has 0 aliphatic carbocycles. The summed E-state index contributed by atoms with van der Waals surface area (Å²) in [6.07, 6.45) is 0. The summed E-state index contributed by atoms with van der Waals surface area (Å²) in [7, 11) is 0. The molecule has 2 heterocycles.